The number of anilines is 2. The fraction of sp³-hybridized carbons (Fsp3) is 0.261. The van der Waals surface area contributed by atoms with Crippen molar-refractivity contribution in [3.05, 3.63) is 71.3 Å². The molecule has 3 amide bonds. The van der Waals surface area contributed by atoms with Crippen molar-refractivity contribution in [1.29, 1.82) is 0 Å². The van der Waals surface area contributed by atoms with E-state index in [2.05, 4.69) is 17.5 Å². The number of rotatable bonds is 4. The molecule has 2 aromatic rings. The van der Waals surface area contributed by atoms with Crippen LogP contribution in [0.5, 0.6) is 0 Å². The van der Waals surface area contributed by atoms with E-state index in [4.69, 9.17) is 11.6 Å². The number of carbonyl (C=O) groups is 3. The number of imide groups is 1. The summed E-state index contributed by atoms with van der Waals surface area (Å²) in [4.78, 5) is 39.7. The molecule has 5 rings (SSSR count). The highest BCUT2D eigenvalue weighted by atomic mass is 35.5. The van der Waals surface area contributed by atoms with Crippen molar-refractivity contribution in [2.75, 3.05) is 10.2 Å². The summed E-state index contributed by atoms with van der Waals surface area (Å²) in [5, 5.41) is 3.16. The van der Waals surface area contributed by atoms with Gasteiger partial charge >= 0.3 is 0 Å². The maximum atomic E-state index is 13.0. The molecule has 2 bridgehead atoms. The Labute approximate surface area is 173 Å². The summed E-state index contributed by atoms with van der Waals surface area (Å²) >= 11 is 6.26. The van der Waals surface area contributed by atoms with Gasteiger partial charge in [0.05, 0.1) is 34.7 Å². The van der Waals surface area contributed by atoms with Gasteiger partial charge in [-0.05, 0) is 42.0 Å². The van der Waals surface area contributed by atoms with Gasteiger partial charge in [0, 0.05) is 0 Å². The molecule has 29 heavy (non-hydrogen) atoms. The fourth-order valence-electron chi connectivity index (χ4n) is 4.88. The molecular formula is C23H19ClN2O3. The van der Waals surface area contributed by atoms with Crippen LogP contribution in [0.3, 0.4) is 0 Å². The van der Waals surface area contributed by atoms with Gasteiger partial charge in [-0.1, -0.05) is 54.1 Å². The summed E-state index contributed by atoms with van der Waals surface area (Å²) in [6.07, 6.45) is 5.24. The second kappa shape index (κ2) is 6.85. The minimum atomic E-state index is -0.260. The van der Waals surface area contributed by atoms with Crippen molar-refractivity contribution in [2.24, 2.45) is 23.7 Å². The van der Waals surface area contributed by atoms with E-state index in [1.165, 1.54) is 4.90 Å². The number of carbonyl (C=O) groups excluding carboxylic acids is 3. The summed E-state index contributed by atoms with van der Waals surface area (Å²) < 4.78 is 0. The van der Waals surface area contributed by atoms with Crippen molar-refractivity contribution in [3.8, 4) is 0 Å². The van der Waals surface area contributed by atoms with Gasteiger partial charge in [0.25, 0.3) is 0 Å². The molecular weight excluding hydrogens is 388 g/mol. The molecule has 1 saturated carbocycles. The first-order valence-corrected chi connectivity index (χ1v) is 10.1. The van der Waals surface area contributed by atoms with E-state index in [1.54, 1.807) is 18.2 Å². The Balaban J connectivity index is 1.38. The van der Waals surface area contributed by atoms with Gasteiger partial charge in [0.1, 0.15) is 0 Å². The van der Waals surface area contributed by atoms with E-state index in [-0.39, 0.29) is 47.8 Å². The molecule has 2 aliphatic carbocycles. The second-order valence-corrected chi connectivity index (χ2v) is 8.29. The van der Waals surface area contributed by atoms with Crippen molar-refractivity contribution >= 4 is 40.7 Å². The predicted octanol–water partition coefficient (Wildman–Crippen LogP) is 3.83. The van der Waals surface area contributed by atoms with Crippen LogP contribution in [0, 0.1) is 23.7 Å². The minimum absolute atomic E-state index is 0.152. The monoisotopic (exact) mass is 406 g/mol. The Morgan fingerprint density at radius 2 is 1.66 bits per heavy atom. The minimum Gasteiger partial charge on any atom is -0.324 e. The molecule has 4 unspecified atom stereocenters. The number of benzene rings is 2. The third kappa shape index (κ3) is 2.97. The average molecular weight is 407 g/mol. The maximum Gasteiger partial charge on any atom is 0.238 e. The topological polar surface area (TPSA) is 66.5 Å². The van der Waals surface area contributed by atoms with Crippen molar-refractivity contribution in [1.82, 2.24) is 0 Å². The summed E-state index contributed by atoms with van der Waals surface area (Å²) in [5.74, 6) is -0.726. The highest BCUT2D eigenvalue weighted by Crippen LogP contribution is 2.53. The van der Waals surface area contributed by atoms with Crippen LogP contribution in [0.25, 0.3) is 0 Å². The number of nitrogens with one attached hydrogen (secondary N) is 1. The van der Waals surface area contributed by atoms with Gasteiger partial charge < -0.3 is 5.32 Å². The number of nitrogens with zero attached hydrogens (tertiary/aromatic N) is 1. The van der Waals surface area contributed by atoms with E-state index in [1.807, 2.05) is 30.3 Å². The third-order valence-electron chi connectivity index (χ3n) is 6.16. The normalized spacial score (nSPS) is 26.9. The number of halogens is 1. The van der Waals surface area contributed by atoms with Gasteiger partial charge in [-0.3, -0.25) is 14.4 Å². The molecule has 0 radical (unpaired) electrons. The Bertz CT molecular complexity index is 1020. The van der Waals surface area contributed by atoms with Crippen LogP contribution in [0.1, 0.15) is 12.0 Å². The number of amides is 3. The van der Waals surface area contributed by atoms with Crippen LogP contribution in [0.15, 0.2) is 60.7 Å². The lowest BCUT2D eigenvalue weighted by molar-refractivity contribution is -0.123. The Hall–Kier alpha value is -2.92. The van der Waals surface area contributed by atoms with Gasteiger partial charge in [-0.2, -0.15) is 0 Å². The van der Waals surface area contributed by atoms with Crippen molar-refractivity contribution in [3.63, 3.8) is 0 Å². The highest BCUT2D eigenvalue weighted by Gasteiger charge is 2.59. The summed E-state index contributed by atoms with van der Waals surface area (Å²) in [6, 6.07) is 14.3. The second-order valence-electron chi connectivity index (χ2n) is 7.89. The lowest BCUT2D eigenvalue weighted by Crippen LogP contribution is -2.32. The zero-order chi connectivity index (χ0) is 20.1. The molecule has 2 aromatic carbocycles. The van der Waals surface area contributed by atoms with Crippen LogP contribution >= 0.6 is 11.6 Å². The lowest BCUT2D eigenvalue weighted by Gasteiger charge is -2.19. The van der Waals surface area contributed by atoms with Gasteiger partial charge in [-0.15, -0.1) is 0 Å². The Morgan fingerprint density at radius 3 is 2.31 bits per heavy atom. The van der Waals surface area contributed by atoms with Crippen molar-refractivity contribution < 1.29 is 14.4 Å². The first-order valence-electron chi connectivity index (χ1n) is 9.72. The van der Waals surface area contributed by atoms with Crippen LogP contribution in [-0.2, 0) is 20.8 Å². The van der Waals surface area contributed by atoms with E-state index in [0.717, 1.165) is 12.0 Å². The summed E-state index contributed by atoms with van der Waals surface area (Å²) in [7, 11) is 0. The number of allylic oxidation sites excluding steroid dienone is 2. The van der Waals surface area contributed by atoms with E-state index < -0.39 is 0 Å². The Kier molecular flexibility index (Phi) is 4.28. The molecule has 6 heteroatoms. The molecule has 1 heterocycles. The molecule has 5 nitrogen and oxygen atoms in total. The molecule has 0 aromatic heterocycles. The van der Waals surface area contributed by atoms with Gasteiger partial charge in [0.2, 0.25) is 17.7 Å². The zero-order valence-corrected chi connectivity index (χ0v) is 16.3. The quantitative estimate of drug-likeness (QED) is 0.619. The van der Waals surface area contributed by atoms with Crippen LogP contribution < -0.4 is 10.2 Å². The summed E-state index contributed by atoms with van der Waals surface area (Å²) in [5.41, 5.74) is 1.73. The number of hydrogen-bond acceptors (Lipinski definition) is 3. The molecule has 146 valence electrons. The van der Waals surface area contributed by atoms with Gasteiger partial charge in [0.15, 0.2) is 0 Å². The molecule has 1 saturated heterocycles. The van der Waals surface area contributed by atoms with Crippen LogP contribution in [0.4, 0.5) is 11.4 Å². The standard InChI is InChI=1S/C23H19ClN2O3/c24-17-9-8-16(12-18(17)25-19(27)10-13-4-2-1-3-5-13)26-22(28)20-14-6-7-15(11-14)21(20)23(26)29/h1-9,12,14-15,20-21H,10-11H2,(H,25,27). The van der Waals surface area contributed by atoms with Crippen molar-refractivity contribution in [2.45, 2.75) is 12.8 Å². The molecule has 4 atom stereocenters. The molecule has 0 spiro atoms. The average Bonchev–Trinajstić information content (AvgIpc) is 3.38. The maximum absolute atomic E-state index is 13.0. The first kappa shape index (κ1) is 18.1. The number of hydrogen-bond donors (Lipinski definition) is 1. The van der Waals surface area contributed by atoms with Gasteiger partial charge in [-0.25, -0.2) is 4.90 Å². The molecule has 2 fully saturated rings. The predicted molar refractivity (Wildman–Crippen MR) is 110 cm³/mol. The largest absolute Gasteiger partial charge is 0.324 e. The first-order chi connectivity index (χ1) is 14.0. The van der Waals surface area contributed by atoms with Crippen LogP contribution in [-0.4, -0.2) is 17.7 Å². The van der Waals surface area contributed by atoms with E-state index in [9.17, 15) is 14.4 Å². The third-order valence-corrected chi connectivity index (χ3v) is 6.49. The Morgan fingerprint density at radius 1 is 1.00 bits per heavy atom. The highest BCUT2D eigenvalue weighted by molar-refractivity contribution is 6.34. The van der Waals surface area contributed by atoms with Crippen LogP contribution in [0.2, 0.25) is 5.02 Å². The lowest BCUT2D eigenvalue weighted by atomic mass is 9.85. The fourth-order valence-corrected chi connectivity index (χ4v) is 5.05. The molecule has 1 aliphatic heterocycles. The molecule has 3 aliphatic rings. The summed E-state index contributed by atoms with van der Waals surface area (Å²) in [6.45, 7) is 0. The molecule has 1 N–H and O–H groups in total. The number of fused-ring (bicyclic) bond motifs is 5. The SMILES string of the molecule is O=C(Cc1ccccc1)Nc1cc(N2C(=O)C3C4C=CC(C4)C3C2=O)ccc1Cl. The van der Waals surface area contributed by atoms with E-state index in [0.29, 0.717) is 16.4 Å². The smallest absolute Gasteiger partial charge is 0.238 e. The zero-order valence-electron chi connectivity index (χ0n) is 15.5. The van der Waals surface area contributed by atoms with E-state index >= 15 is 0 Å².